The predicted octanol–water partition coefficient (Wildman–Crippen LogP) is 1.37. The van der Waals surface area contributed by atoms with Crippen molar-refractivity contribution in [2.75, 3.05) is 12.8 Å². The van der Waals surface area contributed by atoms with Gasteiger partial charge in [0.15, 0.2) is 5.11 Å². The zero-order valence-electron chi connectivity index (χ0n) is 12.3. The number of rotatable bonds is 8. The van der Waals surface area contributed by atoms with Gasteiger partial charge < -0.3 is 11.1 Å². The summed E-state index contributed by atoms with van der Waals surface area (Å²) >= 11 is 4.87. The third-order valence-corrected chi connectivity index (χ3v) is 4.87. The first-order valence-electron chi connectivity index (χ1n) is 6.61. The van der Waals surface area contributed by atoms with Gasteiger partial charge in [0.1, 0.15) is 5.82 Å². The Morgan fingerprint density at radius 1 is 1.50 bits per heavy atom. The van der Waals surface area contributed by atoms with Crippen molar-refractivity contribution in [2.45, 2.75) is 18.4 Å². The van der Waals surface area contributed by atoms with E-state index in [2.05, 4.69) is 16.6 Å². The maximum atomic E-state index is 14.3. The largest absolute Gasteiger partial charge is 0.376 e. The zero-order valence-corrected chi connectivity index (χ0v) is 13.9. The number of sulfonamides is 1. The Morgan fingerprint density at radius 2 is 2.14 bits per heavy atom. The standard InChI is InChI=1S/C14H20FN3O2S2/c1-3-4-9-14(18-13(16)21,10-22(19,20)17-2)11-7-5-6-8-12(11)15/h3,5-8,17H,1,4,9-10H2,2H3,(H3,16,18,21). The van der Waals surface area contributed by atoms with Crippen molar-refractivity contribution in [2.24, 2.45) is 5.73 Å². The Hall–Kier alpha value is -1.51. The van der Waals surface area contributed by atoms with Crippen LogP contribution in [0.5, 0.6) is 0 Å². The van der Waals surface area contributed by atoms with E-state index in [1.807, 2.05) is 0 Å². The van der Waals surface area contributed by atoms with Gasteiger partial charge in [-0.15, -0.1) is 6.58 Å². The fraction of sp³-hybridized carbons (Fsp3) is 0.357. The fourth-order valence-electron chi connectivity index (χ4n) is 2.28. The Kier molecular flexibility index (Phi) is 6.46. The van der Waals surface area contributed by atoms with Crippen LogP contribution in [0.4, 0.5) is 4.39 Å². The number of nitrogens with one attached hydrogen (secondary N) is 2. The van der Waals surface area contributed by atoms with Gasteiger partial charge in [-0.2, -0.15) is 0 Å². The van der Waals surface area contributed by atoms with Crippen LogP contribution >= 0.6 is 12.2 Å². The summed E-state index contributed by atoms with van der Waals surface area (Å²) in [5, 5.41) is 2.68. The maximum Gasteiger partial charge on any atom is 0.214 e. The summed E-state index contributed by atoms with van der Waals surface area (Å²) in [5.74, 6) is -0.926. The lowest BCUT2D eigenvalue weighted by Gasteiger charge is -2.35. The van der Waals surface area contributed by atoms with Crippen molar-refractivity contribution in [1.82, 2.24) is 10.0 Å². The molecule has 4 N–H and O–H groups in total. The van der Waals surface area contributed by atoms with Crippen molar-refractivity contribution < 1.29 is 12.8 Å². The minimum atomic E-state index is -3.65. The molecule has 0 aliphatic rings. The summed E-state index contributed by atoms with van der Waals surface area (Å²) in [7, 11) is -2.35. The third-order valence-electron chi connectivity index (χ3n) is 3.27. The molecule has 0 amide bonds. The second-order valence-corrected chi connectivity index (χ2v) is 7.21. The molecule has 5 nitrogen and oxygen atoms in total. The molecule has 0 spiro atoms. The molecule has 0 saturated heterocycles. The van der Waals surface area contributed by atoms with Gasteiger partial charge in [0.05, 0.1) is 11.3 Å². The molecule has 0 fully saturated rings. The van der Waals surface area contributed by atoms with Crippen LogP contribution in [-0.2, 0) is 15.6 Å². The quantitative estimate of drug-likeness (QED) is 0.489. The molecule has 0 bridgehead atoms. The molecule has 1 rings (SSSR count). The SMILES string of the molecule is C=CCCC(CS(=O)(=O)NC)(NC(N)=S)c1ccccc1F. The van der Waals surface area contributed by atoms with Gasteiger partial charge in [-0.3, -0.25) is 0 Å². The molecular weight excluding hydrogens is 325 g/mol. The van der Waals surface area contributed by atoms with E-state index < -0.39 is 27.1 Å². The summed E-state index contributed by atoms with van der Waals surface area (Å²) in [6.45, 7) is 3.62. The highest BCUT2D eigenvalue weighted by Gasteiger charge is 2.38. The molecular formula is C14H20FN3O2S2. The van der Waals surface area contributed by atoms with Crippen LogP contribution in [0, 0.1) is 5.82 Å². The Morgan fingerprint density at radius 3 is 2.64 bits per heavy atom. The first-order valence-corrected chi connectivity index (χ1v) is 8.67. The van der Waals surface area contributed by atoms with Crippen LogP contribution < -0.4 is 15.8 Å². The predicted molar refractivity (Wildman–Crippen MR) is 90.3 cm³/mol. The molecule has 0 heterocycles. The van der Waals surface area contributed by atoms with E-state index in [1.165, 1.54) is 25.2 Å². The lowest BCUT2D eigenvalue weighted by molar-refractivity contribution is 0.385. The monoisotopic (exact) mass is 345 g/mol. The van der Waals surface area contributed by atoms with Gasteiger partial charge in [-0.25, -0.2) is 17.5 Å². The van der Waals surface area contributed by atoms with Gasteiger partial charge in [0, 0.05) is 5.56 Å². The molecule has 1 atom stereocenters. The third kappa shape index (κ3) is 4.75. The number of hydrogen-bond donors (Lipinski definition) is 3. The average Bonchev–Trinajstić information content (AvgIpc) is 2.44. The number of allylic oxidation sites excluding steroid dienone is 1. The van der Waals surface area contributed by atoms with Crippen LogP contribution in [0.3, 0.4) is 0 Å². The Balaban J connectivity index is 3.46. The first kappa shape index (κ1) is 18.5. The van der Waals surface area contributed by atoms with Gasteiger partial charge in [-0.1, -0.05) is 24.3 Å². The minimum absolute atomic E-state index is 0.0985. The van der Waals surface area contributed by atoms with Crippen molar-refractivity contribution in [1.29, 1.82) is 0 Å². The smallest absolute Gasteiger partial charge is 0.214 e. The van der Waals surface area contributed by atoms with Gasteiger partial charge >= 0.3 is 0 Å². The fourth-order valence-corrected chi connectivity index (χ4v) is 3.64. The average molecular weight is 345 g/mol. The van der Waals surface area contributed by atoms with Gasteiger partial charge in [0.2, 0.25) is 10.0 Å². The van der Waals surface area contributed by atoms with Crippen molar-refractivity contribution in [3.8, 4) is 0 Å². The number of thiocarbonyl (C=S) groups is 1. The van der Waals surface area contributed by atoms with E-state index in [0.717, 1.165) is 0 Å². The molecule has 8 heteroatoms. The molecule has 0 aromatic heterocycles. The van der Waals surface area contributed by atoms with E-state index in [4.69, 9.17) is 18.0 Å². The molecule has 0 radical (unpaired) electrons. The topological polar surface area (TPSA) is 84.2 Å². The lowest BCUT2D eigenvalue weighted by Crippen LogP contribution is -2.54. The molecule has 1 aromatic carbocycles. The number of nitrogens with two attached hydrogens (primary N) is 1. The molecule has 0 saturated carbocycles. The van der Waals surface area contributed by atoms with E-state index >= 15 is 0 Å². The van der Waals surface area contributed by atoms with Crippen molar-refractivity contribution in [3.63, 3.8) is 0 Å². The summed E-state index contributed by atoms with van der Waals surface area (Å²) < 4.78 is 40.6. The second kappa shape index (κ2) is 7.66. The van der Waals surface area contributed by atoms with E-state index in [0.29, 0.717) is 6.42 Å². The van der Waals surface area contributed by atoms with E-state index in [1.54, 1.807) is 12.1 Å². The minimum Gasteiger partial charge on any atom is -0.376 e. The molecule has 1 unspecified atom stereocenters. The second-order valence-electron chi connectivity index (χ2n) is 4.84. The number of hydrogen-bond acceptors (Lipinski definition) is 3. The van der Waals surface area contributed by atoms with Gasteiger partial charge in [0.25, 0.3) is 0 Å². The summed E-state index contributed by atoms with van der Waals surface area (Å²) in [4.78, 5) is 0. The van der Waals surface area contributed by atoms with E-state index in [-0.39, 0.29) is 17.1 Å². The van der Waals surface area contributed by atoms with Crippen LogP contribution in [0.25, 0.3) is 0 Å². The van der Waals surface area contributed by atoms with Gasteiger partial charge in [-0.05, 0) is 38.2 Å². The normalized spacial score (nSPS) is 14.1. The Bertz CT molecular complexity index is 649. The van der Waals surface area contributed by atoms with Crippen LogP contribution in [-0.4, -0.2) is 26.3 Å². The maximum absolute atomic E-state index is 14.3. The lowest BCUT2D eigenvalue weighted by atomic mass is 9.86. The summed E-state index contributed by atoms with van der Waals surface area (Å²) in [6, 6.07) is 5.96. The molecule has 22 heavy (non-hydrogen) atoms. The number of halogens is 1. The molecule has 1 aromatic rings. The summed E-state index contributed by atoms with van der Waals surface area (Å²) in [5.41, 5.74) is 4.48. The van der Waals surface area contributed by atoms with Crippen molar-refractivity contribution >= 4 is 27.4 Å². The van der Waals surface area contributed by atoms with Crippen LogP contribution in [0.2, 0.25) is 0 Å². The highest BCUT2D eigenvalue weighted by Crippen LogP contribution is 2.30. The highest BCUT2D eigenvalue weighted by molar-refractivity contribution is 7.89. The molecule has 0 aliphatic heterocycles. The van der Waals surface area contributed by atoms with Crippen LogP contribution in [0.1, 0.15) is 18.4 Å². The highest BCUT2D eigenvalue weighted by atomic mass is 32.2. The van der Waals surface area contributed by atoms with Crippen molar-refractivity contribution in [3.05, 3.63) is 48.3 Å². The first-order chi connectivity index (χ1) is 10.3. The number of benzene rings is 1. The molecule has 0 aliphatic carbocycles. The summed E-state index contributed by atoms with van der Waals surface area (Å²) in [6.07, 6.45) is 2.36. The Labute approximate surface area is 135 Å². The van der Waals surface area contributed by atoms with Crippen LogP contribution in [0.15, 0.2) is 36.9 Å². The van der Waals surface area contributed by atoms with E-state index in [9.17, 15) is 12.8 Å². The molecule has 122 valence electrons. The zero-order chi connectivity index (χ0) is 16.8.